The third kappa shape index (κ3) is 3.23. The minimum absolute atomic E-state index is 0.160. The zero-order valence-corrected chi connectivity index (χ0v) is 11.3. The van der Waals surface area contributed by atoms with Crippen molar-refractivity contribution in [1.82, 2.24) is 10.7 Å². The maximum absolute atomic E-state index is 11.4. The van der Waals surface area contributed by atoms with Gasteiger partial charge in [0.05, 0.1) is 11.8 Å². The molecule has 104 valence electrons. The van der Waals surface area contributed by atoms with Crippen molar-refractivity contribution in [2.45, 2.75) is 19.9 Å². The predicted molar refractivity (Wildman–Crippen MR) is 77.6 cm³/mol. The molecule has 1 aromatic carbocycles. The van der Waals surface area contributed by atoms with Crippen LogP contribution in [0.25, 0.3) is 0 Å². The number of nitrogens with one attached hydrogen (secondary N) is 3. The normalized spacial score (nSPS) is 18.2. The molecule has 1 aliphatic heterocycles. The standard InChI is InChI=1S/C14H16N4O2/c1-3-4-12(19)16-11-7-5-10(6-8-11)13-9(2)15-14(20)18-17-13/h3-9H,1-2H3,(H,16,19)(H2,15,18,20)/b4-3+. The second-order valence-corrected chi connectivity index (χ2v) is 4.37. The Hall–Kier alpha value is -2.63. The molecule has 1 aliphatic rings. The Morgan fingerprint density at radius 1 is 1.35 bits per heavy atom. The summed E-state index contributed by atoms with van der Waals surface area (Å²) >= 11 is 0. The minimum Gasteiger partial charge on any atom is -0.328 e. The molecule has 1 atom stereocenters. The van der Waals surface area contributed by atoms with E-state index in [1.807, 2.05) is 19.1 Å². The topological polar surface area (TPSA) is 82.6 Å². The summed E-state index contributed by atoms with van der Waals surface area (Å²) in [4.78, 5) is 22.5. The van der Waals surface area contributed by atoms with Crippen molar-refractivity contribution < 1.29 is 9.59 Å². The number of allylic oxidation sites excluding steroid dienone is 1. The van der Waals surface area contributed by atoms with Crippen molar-refractivity contribution in [3.05, 3.63) is 42.0 Å². The average molecular weight is 272 g/mol. The Labute approximate surface area is 116 Å². The monoisotopic (exact) mass is 272 g/mol. The first-order chi connectivity index (χ1) is 9.60. The van der Waals surface area contributed by atoms with E-state index in [9.17, 15) is 9.59 Å². The number of hydrazone groups is 1. The molecule has 0 spiro atoms. The summed E-state index contributed by atoms with van der Waals surface area (Å²) in [6.07, 6.45) is 3.14. The summed E-state index contributed by atoms with van der Waals surface area (Å²) in [7, 11) is 0. The molecule has 1 aromatic rings. The molecule has 0 aromatic heterocycles. The number of carbonyl (C=O) groups is 2. The predicted octanol–water partition coefficient (Wildman–Crippen LogP) is 1.61. The summed E-state index contributed by atoms with van der Waals surface area (Å²) in [6.45, 7) is 3.64. The zero-order chi connectivity index (χ0) is 14.5. The SMILES string of the molecule is C/C=C/C(=O)Nc1ccc(C2=NNC(=O)NC2C)cc1. The maximum atomic E-state index is 11.4. The van der Waals surface area contributed by atoms with E-state index in [0.717, 1.165) is 11.3 Å². The second kappa shape index (κ2) is 6.01. The number of amides is 3. The number of carbonyl (C=O) groups excluding carboxylic acids is 2. The average Bonchev–Trinajstić information content (AvgIpc) is 2.40. The Morgan fingerprint density at radius 3 is 2.65 bits per heavy atom. The van der Waals surface area contributed by atoms with Crippen LogP contribution in [0.3, 0.4) is 0 Å². The van der Waals surface area contributed by atoms with Crippen LogP contribution in [0.15, 0.2) is 41.5 Å². The summed E-state index contributed by atoms with van der Waals surface area (Å²) < 4.78 is 0. The molecule has 20 heavy (non-hydrogen) atoms. The van der Waals surface area contributed by atoms with Gasteiger partial charge in [0.25, 0.3) is 0 Å². The van der Waals surface area contributed by atoms with Gasteiger partial charge in [0.1, 0.15) is 0 Å². The van der Waals surface area contributed by atoms with Crippen LogP contribution in [0.5, 0.6) is 0 Å². The summed E-state index contributed by atoms with van der Waals surface area (Å²) in [5.74, 6) is -0.169. The summed E-state index contributed by atoms with van der Waals surface area (Å²) in [5, 5.41) is 9.51. The lowest BCUT2D eigenvalue weighted by Gasteiger charge is -2.21. The number of rotatable bonds is 3. The number of anilines is 1. The molecule has 0 bridgehead atoms. The Kier molecular flexibility index (Phi) is 4.14. The van der Waals surface area contributed by atoms with Crippen LogP contribution >= 0.6 is 0 Å². The molecule has 0 aliphatic carbocycles. The molecule has 6 heteroatoms. The van der Waals surface area contributed by atoms with Crippen LogP contribution in [0, 0.1) is 0 Å². The lowest BCUT2D eigenvalue weighted by Crippen LogP contribution is -2.48. The highest BCUT2D eigenvalue weighted by Crippen LogP contribution is 2.13. The van der Waals surface area contributed by atoms with Crippen LogP contribution in [0.2, 0.25) is 0 Å². The van der Waals surface area contributed by atoms with E-state index < -0.39 is 0 Å². The van der Waals surface area contributed by atoms with Crippen LogP contribution in [0.1, 0.15) is 19.4 Å². The number of nitrogens with zero attached hydrogens (tertiary/aromatic N) is 1. The van der Waals surface area contributed by atoms with Gasteiger partial charge in [0.2, 0.25) is 5.91 Å². The highest BCUT2D eigenvalue weighted by molar-refractivity contribution is 6.07. The molecule has 2 rings (SSSR count). The summed E-state index contributed by atoms with van der Waals surface area (Å²) in [5.41, 5.74) is 4.72. The van der Waals surface area contributed by atoms with Gasteiger partial charge in [-0.2, -0.15) is 5.10 Å². The number of hydrogen-bond donors (Lipinski definition) is 3. The van der Waals surface area contributed by atoms with Crippen LogP contribution in [-0.4, -0.2) is 23.7 Å². The molecule has 6 nitrogen and oxygen atoms in total. The summed E-state index contributed by atoms with van der Waals surface area (Å²) in [6, 6.07) is 6.81. The lowest BCUT2D eigenvalue weighted by molar-refractivity contribution is -0.111. The van der Waals surface area contributed by atoms with E-state index in [0.29, 0.717) is 5.69 Å². The third-order valence-electron chi connectivity index (χ3n) is 2.80. The molecule has 1 heterocycles. The van der Waals surface area contributed by atoms with E-state index in [1.165, 1.54) is 6.08 Å². The molecular formula is C14H16N4O2. The van der Waals surface area contributed by atoms with Crippen molar-refractivity contribution >= 4 is 23.3 Å². The van der Waals surface area contributed by atoms with Crippen molar-refractivity contribution in [3.8, 4) is 0 Å². The highest BCUT2D eigenvalue weighted by Gasteiger charge is 2.20. The minimum atomic E-state index is -0.309. The van der Waals surface area contributed by atoms with E-state index in [4.69, 9.17) is 0 Å². The Balaban J connectivity index is 2.12. The molecule has 1 unspecified atom stereocenters. The first kappa shape index (κ1) is 13.8. The smallest absolute Gasteiger partial charge is 0.328 e. The van der Waals surface area contributed by atoms with E-state index in [-0.39, 0.29) is 18.0 Å². The molecule has 0 saturated heterocycles. The quantitative estimate of drug-likeness (QED) is 0.730. The van der Waals surface area contributed by atoms with Gasteiger partial charge in [-0.1, -0.05) is 18.2 Å². The van der Waals surface area contributed by atoms with Crippen LogP contribution < -0.4 is 16.1 Å². The zero-order valence-electron chi connectivity index (χ0n) is 11.3. The van der Waals surface area contributed by atoms with Gasteiger partial charge >= 0.3 is 6.03 Å². The molecule has 3 N–H and O–H groups in total. The fourth-order valence-electron chi connectivity index (χ4n) is 1.88. The van der Waals surface area contributed by atoms with E-state index >= 15 is 0 Å². The van der Waals surface area contributed by atoms with E-state index in [1.54, 1.807) is 25.1 Å². The fraction of sp³-hybridized carbons (Fsp3) is 0.214. The van der Waals surface area contributed by atoms with Gasteiger partial charge in [-0.3, -0.25) is 4.79 Å². The number of hydrogen-bond acceptors (Lipinski definition) is 3. The second-order valence-electron chi connectivity index (χ2n) is 4.37. The van der Waals surface area contributed by atoms with Crippen molar-refractivity contribution in [2.75, 3.05) is 5.32 Å². The highest BCUT2D eigenvalue weighted by atomic mass is 16.2. The first-order valence-electron chi connectivity index (χ1n) is 6.28. The van der Waals surface area contributed by atoms with Gasteiger partial charge < -0.3 is 10.6 Å². The first-order valence-corrected chi connectivity index (χ1v) is 6.28. The van der Waals surface area contributed by atoms with Gasteiger partial charge in [-0.15, -0.1) is 0 Å². The molecular weight excluding hydrogens is 256 g/mol. The molecule has 0 saturated carbocycles. The van der Waals surface area contributed by atoms with Crippen molar-refractivity contribution in [3.63, 3.8) is 0 Å². The maximum Gasteiger partial charge on any atom is 0.335 e. The van der Waals surface area contributed by atoms with Crippen LogP contribution in [0.4, 0.5) is 10.5 Å². The van der Waals surface area contributed by atoms with Gasteiger partial charge in [-0.05, 0) is 32.1 Å². The Morgan fingerprint density at radius 2 is 2.05 bits per heavy atom. The number of urea groups is 1. The van der Waals surface area contributed by atoms with E-state index in [2.05, 4.69) is 21.2 Å². The van der Waals surface area contributed by atoms with Crippen LogP contribution in [-0.2, 0) is 4.79 Å². The van der Waals surface area contributed by atoms with Gasteiger partial charge in [0.15, 0.2) is 0 Å². The number of benzene rings is 1. The molecule has 3 amide bonds. The third-order valence-corrected chi connectivity index (χ3v) is 2.80. The van der Waals surface area contributed by atoms with Crippen molar-refractivity contribution in [2.24, 2.45) is 5.10 Å². The van der Waals surface area contributed by atoms with Crippen molar-refractivity contribution in [1.29, 1.82) is 0 Å². The van der Waals surface area contributed by atoms with Gasteiger partial charge in [0, 0.05) is 11.3 Å². The molecule has 0 fully saturated rings. The van der Waals surface area contributed by atoms with Gasteiger partial charge in [-0.25, -0.2) is 10.2 Å². The lowest BCUT2D eigenvalue weighted by atomic mass is 10.0. The largest absolute Gasteiger partial charge is 0.335 e. The molecule has 0 radical (unpaired) electrons. The Bertz CT molecular complexity index is 575. The fourth-order valence-corrected chi connectivity index (χ4v) is 1.88.